The zero-order valence-electron chi connectivity index (χ0n) is 14.9. The van der Waals surface area contributed by atoms with Crippen LogP contribution >= 0.6 is 11.6 Å². The Hall–Kier alpha value is -2.12. The van der Waals surface area contributed by atoms with Gasteiger partial charge >= 0.3 is 6.18 Å². The minimum atomic E-state index is -4.59. The molecule has 3 aromatic rings. The number of piperidine rings is 1. The molecule has 1 aromatic heterocycles. The van der Waals surface area contributed by atoms with E-state index in [4.69, 9.17) is 11.6 Å². The van der Waals surface area contributed by atoms with Gasteiger partial charge in [0.1, 0.15) is 5.82 Å². The third-order valence-electron chi connectivity index (χ3n) is 5.15. The molecule has 4 rings (SSSR count). The fourth-order valence-electron chi connectivity index (χ4n) is 3.83. The number of likely N-dealkylation sites (tertiary alicyclic amines) is 1. The topological polar surface area (TPSA) is 21.1 Å². The number of hydrogen-bond donors (Lipinski definition) is 0. The standard InChI is InChI=1S/C20H18ClF4N3/c21-14-3-1-13(2-4-14)12-27-9-7-16(8-10-27)28-18-6-5-15(22)11-17(18)26-19(28)20(23,24)25/h1-6,11,16H,7-10,12H2. The molecule has 3 nitrogen and oxygen atoms in total. The van der Waals surface area contributed by atoms with Crippen LogP contribution in [0.3, 0.4) is 0 Å². The van der Waals surface area contributed by atoms with E-state index in [-0.39, 0.29) is 11.6 Å². The number of hydrogen-bond acceptors (Lipinski definition) is 2. The Kier molecular flexibility index (Phi) is 5.05. The van der Waals surface area contributed by atoms with Crippen LogP contribution < -0.4 is 0 Å². The summed E-state index contributed by atoms with van der Waals surface area (Å²) in [5.41, 5.74) is 1.48. The molecule has 0 unspecified atom stereocenters. The molecule has 0 atom stereocenters. The Balaban J connectivity index is 1.55. The molecule has 2 heterocycles. The van der Waals surface area contributed by atoms with Gasteiger partial charge in [0.25, 0.3) is 0 Å². The molecule has 1 aliphatic rings. The van der Waals surface area contributed by atoms with Crippen LogP contribution in [0.1, 0.15) is 30.3 Å². The predicted octanol–water partition coefficient (Wildman–Crippen LogP) is 5.68. The Morgan fingerprint density at radius 3 is 2.36 bits per heavy atom. The van der Waals surface area contributed by atoms with Gasteiger partial charge < -0.3 is 4.57 Å². The Bertz CT molecular complexity index is 974. The molecular formula is C20H18ClF4N3. The molecule has 1 fully saturated rings. The van der Waals surface area contributed by atoms with Crippen LogP contribution in [-0.4, -0.2) is 27.5 Å². The summed E-state index contributed by atoms with van der Waals surface area (Å²) in [6.45, 7) is 2.07. The highest BCUT2D eigenvalue weighted by Gasteiger charge is 2.39. The number of imidazole rings is 1. The lowest BCUT2D eigenvalue weighted by Crippen LogP contribution is -2.35. The van der Waals surface area contributed by atoms with Crippen molar-refractivity contribution in [2.75, 3.05) is 13.1 Å². The number of benzene rings is 2. The summed E-state index contributed by atoms with van der Waals surface area (Å²) in [5, 5.41) is 0.672. The third-order valence-corrected chi connectivity index (χ3v) is 5.40. The molecule has 2 aromatic carbocycles. The summed E-state index contributed by atoms with van der Waals surface area (Å²) in [6, 6.07) is 10.8. The van der Waals surface area contributed by atoms with Gasteiger partial charge in [-0.3, -0.25) is 4.90 Å². The van der Waals surface area contributed by atoms with E-state index in [1.54, 1.807) is 0 Å². The molecule has 148 valence electrons. The number of rotatable bonds is 3. The van der Waals surface area contributed by atoms with Crippen molar-refractivity contribution >= 4 is 22.6 Å². The first-order valence-electron chi connectivity index (χ1n) is 9.03. The van der Waals surface area contributed by atoms with Gasteiger partial charge in [-0.1, -0.05) is 23.7 Å². The van der Waals surface area contributed by atoms with Crippen molar-refractivity contribution in [2.45, 2.75) is 31.6 Å². The van der Waals surface area contributed by atoms with E-state index < -0.39 is 17.8 Å². The highest BCUT2D eigenvalue weighted by molar-refractivity contribution is 6.30. The molecule has 28 heavy (non-hydrogen) atoms. The second-order valence-corrected chi connectivity index (χ2v) is 7.51. The fourth-order valence-corrected chi connectivity index (χ4v) is 3.95. The average molecular weight is 412 g/mol. The molecule has 0 amide bonds. The van der Waals surface area contributed by atoms with E-state index in [0.29, 0.717) is 36.5 Å². The third kappa shape index (κ3) is 3.86. The zero-order valence-corrected chi connectivity index (χ0v) is 15.6. The summed E-state index contributed by atoms with van der Waals surface area (Å²) in [5.74, 6) is -1.55. The minimum absolute atomic E-state index is 0.0379. The zero-order chi connectivity index (χ0) is 19.9. The van der Waals surface area contributed by atoms with Crippen LogP contribution in [0.5, 0.6) is 0 Å². The van der Waals surface area contributed by atoms with Gasteiger partial charge in [0, 0.05) is 36.8 Å². The van der Waals surface area contributed by atoms with Crippen molar-refractivity contribution < 1.29 is 17.6 Å². The smallest absolute Gasteiger partial charge is 0.317 e. The van der Waals surface area contributed by atoms with Gasteiger partial charge in [0.05, 0.1) is 11.0 Å². The first kappa shape index (κ1) is 19.2. The first-order valence-corrected chi connectivity index (χ1v) is 9.40. The molecule has 0 spiro atoms. The Labute approximate surface area is 164 Å². The second kappa shape index (κ2) is 7.37. The van der Waals surface area contributed by atoms with Gasteiger partial charge in [-0.2, -0.15) is 13.2 Å². The summed E-state index contributed by atoms with van der Waals surface area (Å²) >= 11 is 5.90. The number of nitrogens with zero attached hydrogens (tertiary/aromatic N) is 3. The predicted molar refractivity (Wildman–Crippen MR) is 99.7 cm³/mol. The van der Waals surface area contributed by atoms with Gasteiger partial charge in [-0.25, -0.2) is 9.37 Å². The fraction of sp³-hybridized carbons (Fsp3) is 0.350. The highest BCUT2D eigenvalue weighted by atomic mass is 35.5. The largest absolute Gasteiger partial charge is 0.449 e. The normalized spacial score (nSPS) is 16.8. The number of fused-ring (bicyclic) bond motifs is 1. The molecular weight excluding hydrogens is 394 g/mol. The maximum atomic E-state index is 13.5. The van der Waals surface area contributed by atoms with E-state index in [2.05, 4.69) is 9.88 Å². The van der Waals surface area contributed by atoms with Gasteiger partial charge in [0.15, 0.2) is 0 Å². The van der Waals surface area contributed by atoms with E-state index in [1.165, 1.54) is 16.7 Å². The molecule has 0 aliphatic carbocycles. The molecule has 1 saturated heterocycles. The first-order chi connectivity index (χ1) is 13.3. The number of halogens is 5. The van der Waals surface area contributed by atoms with Crippen molar-refractivity contribution in [3.05, 3.63) is 64.7 Å². The lowest BCUT2D eigenvalue weighted by Gasteiger charge is -2.33. The molecule has 0 N–H and O–H groups in total. The SMILES string of the molecule is Fc1ccc2c(c1)nc(C(F)(F)F)n2C1CCN(Cc2ccc(Cl)cc2)CC1. The molecule has 0 saturated carbocycles. The van der Waals surface area contributed by atoms with Crippen molar-refractivity contribution in [3.63, 3.8) is 0 Å². The van der Waals surface area contributed by atoms with E-state index in [0.717, 1.165) is 18.2 Å². The van der Waals surface area contributed by atoms with E-state index in [9.17, 15) is 17.6 Å². The quantitative estimate of drug-likeness (QED) is 0.517. The monoisotopic (exact) mass is 411 g/mol. The highest BCUT2D eigenvalue weighted by Crippen LogP contribution is 2.37. The molecule has 0 radical (unpaired) electrons. The van der Waals surface area contributed by atoms with Gasteiger partial charge in [-0.15, -0.1) is 0 Å². The van der Waals surface area contributed by atoms with E-state index in [1.807, 2.05) is 24.3 Å². The van der Waals surface area contributed by atoms with E-state index >= 15 is 0 Å². The van der Waals surface area contributed by atoms with Crippen LogP contribution in [0.15, 0.2) is 42.5 Å². The van der Waals surface area contributed by atoms with Crippen molar-refractivity contribution in [2.24, 2.45) is 0 Å². The maximum absolute atomic E-state index is 13.5. The Morgan fingerprint density at radius 2 is 1.71 bits per heavy atom. The molecule has 8 heteroatoms. The average Bonchev–Trinajstić information content (AvgIpc) is 3.03. The summed E-state index contributed by atoms with van der Waals surface area (Å²) in [6.07, 6.45) is -3.45. The number of aromatic nitrogens is 2. The van der Waals surface area contributed by atoms with Crippen molar-refractivity contribution in [3.8, 4) is 0 Å². The van der Waals surface area contributed by atoms with Crippen LogP contribution in [0, 0.1) is 5.82 Å². The lowest BCUT2D eigenvalue weighted by molar-refractivity contribution is -0.148. The lowest BCUT2D eigenvalue weighted by atomic mass is 10.0. The van der Waals surface area contributed by atoms with Gasteiger partial charge in [0.2, 0.25) is 5.82 Å². The molecule has 1 aliphatic heterocycles. The molecule has 0 bridgehead atoms. The van der Waals surface area contributed by atoms with Crippen LogP contribution in [-0.2, 0) is 12.7 Å². The summed E-state index contributed by atoms with van der Waals surface area (Å²) in [4.78, 5) is 5.90. The number of alkyl halides is 3. The maximum Gasteiger partial charge on any atom is 0.449 e. The second-order valence-electron chi connectivity index (χ2n) is 7.07. The van der Waals surface area contributed by atoms with Crippen molar-refractivity contribution in [1.29, 1.82) is 0 Å². The van der Waals surface area contributed by atoms with Crippen LogP contribution in [0.25, 0.3) is 11.0 Å². The minimum Gasteiger partial charge on any atom is -0.317 e. The van der Waals surface area contributed by atoms with Gasteiger partial charge in [-0.05, 0) is 42.7 Å². The Morgan fingerprint density at radius 1 is 1.04 bits per heavy atom. The summed E-state index contributed by atoms with van der Waals surface area (Å²) in [7, 11) is 0. The van der Waals surface area contributed by atoms with Crippen LogP contribution in [0.4, 0.5) is 17.6 Å². The summed E-state index contributed by atoms with van der Waals surface area (Å²) < 4.78 is 55.3. The van der Waals surface area contributed by atoms with Crippen molar-refractivity contribution in [1.82, 2.24) is 14.5 Å². The van der Waals surface area contributed by atoms with Crippen LogP contribution in [0.2, 0.25) is 5.02 Å².